The summed E-state index contributed by atoms with van der Waals surface area (Å²) in [5.41, 5.74) is 3.64. The van der Waals surface area contributed by atoms with Crippen molar-refractivity contribution in [1.29, 1.82) is 0 Å². The summed E-state index contributed by atoms with van der Waals surface area (Å²) in [7, 11) is 0. The summed E-state index contributed by atoms with van der Waals surface area (Å²) in [4.78, 5) is 13.8. The normalized spacial score (nSPS) is 10.8. The maximum atomic E-state index is 12.2. The van der Waals surface area contributed by atoms with Gasteiger partial charge >= 0.3 is 0 Å². The Morgan fingerprint density at radius 1 is 0.623 bits per heavy atom. The van der Waals surface area contributed by atoms with Gasteiger partial charge in [-0.25, -0.2) is 0 Å². The lowest BCUT2D eigenvalue weighted by Gasteiger charge is -2.17. The van der Waals surface area contributed by atoms with Crippen LogP contribution >= 0.6 is 0 Å². The van der Waals surface area contributed by atoms with Crippen LogP contribution < -0.4 is 4.90 Å². The highest BCUT2D eigenvalue weighted by atomic mass is 16.2. The Bertz CT molecular complexity index is 2790. The number of para-hydroxylation sites is 1. The molecule has 0 saturated heterocycles. The molecule has 242 valence electrons. The van der Waals surface area contributed by atoms with Crippen molar-refractivity contribution in [3.05, 3.63) is 109 Å². The maximum Gasteiger partial charge on any atom is 0.243 e. The van der Waals surface area contributed by atoms with Gasteiger partial charge in [-0.05, 0) is 96.3 Å². The van der Waals surface area contributed by atoms with Crippen LogP contribution in [0.25, 0.3) is 10.8 Å². The fraction of sp³-hybridized carbons (Fsp3) is 0.0800. The smallest absolute Gasteiger partial charge is 0.243 e. The number of terminal acetylenes is 1. The number of fused-ring (bicyclic) bond motifs is 3. The van der Waals surface area contributed by atoms with Crippen LogP contribution in [-0.2, 0) is 10.2 Å². The lowest BCUT2D eigenvalue weighted by Crippen LogP contribution is -2.26. The van der Waals surface area contributed by atoms with Crippen LogP contribution in [0.2, 0.25) is 0 Å². The molecule has 0 N–H and O–H groups in total. The Morgan fingerprint density at radius 2 is 1.13 bits per heavy atom. The van der Waals surface area contributed by atoms with Crippen molar-refractivity contribution in [2.24, 2.45) is 0 Å². The molecule has 0 fully saturated rings. The van der Waals surface area contributed by atoms with Gasteiger partial charge in [-0.1, -0.05) is 60.7 Å². The van der Waals surface area contributed by atoms with E-state index in [1.807, 2.05) is 65.3 Å². The number of carbonyl (C=O) groups is 1. The van der Waals surface area contributed by atoms with Crippen LogP contribution in [0.5, 0.6) is 0 Å². The van der Waals surface area contributed by atoms with Crippen molar-refractivity contribution in [3.8, 4) is 131 Å². The largest absolute Gasteiger partial charge is 0.288 e. The van der Waals surface area contributed by atoms with Crippen molar-refractivity contribution >= 4 is 33.8 Å². The molecule has 1 heterocycles. The lowest BCUT2D eigenvalue weighted by molar-refractivity contribution is -0.332. The highest BCUT2D eigenvalue weighted by molar-refractivity contribution is 6.08. The van der Waals surface area contributed by atoms with Crippen LogP contribution in [0.3, 0.4) is 0 Å². The molecule has 3 nitrogen and oxygen atoms in total. The standard InChI is InChI=1S/C50H27N2O/c1-5-6-7-8-9-10-11-12-13-14-15-16-17-18-19-20-21-22-24-33-42-52-47-40-39-44-34-30-31-37-46(44)49(47)50(3,4)48(52)38-29-23-25-32-41-51(43(2)53)45-35-27-26-28-36-45/h1,23,25-32,34-41H,2-4H3/q+1. The molecule has 0 atom stereocenters. The van der Waals surface area contributed by atoms with Crippen LogP contribution in [-0.4, -0.2) is 16.2 Å². The minimum atomic E-state index is -0.355. The van der Waals surface area contributed by atoms with Crippen molar-refractivity contribution in [1.82, 2.24) is 0 Å². The maximum absolute atomic E-state index is 12.2. The molecule has 3 aromatic carbocycles. The Morgan fingerprint density at radius 3 is 1.70 bits per heavy atom. The third kappa shape index (κ3) is 11.0. The Kier molecular flexibility index (Phi) is 14.1. The highest BCUT2D eigenvalue weighted by Crippen LogP contribution is 2.44. The van der Waals surface area contributed by atoms with E-state index in [0.29, 0.717) is 0 Å². The summed E-state index contributed by atoms with van der Waals surface area (Å²) in [5.74, 6) is 51.1. The molecular weight excluding hydrogens is 645 g/mol. The van der Waals surface area contributed by atoms with E-state index in [0.717, 1.165) is 22.5 Å². The summed E-state index contributed by atoms with van der Waals surface area (Å²) in [6.45, 7) is 5.92. The van der Waals surface area contributed by atoms with Gasteiger partial charge in [-0.3, -0.25) is 9.69 Å². The quantitative estimate of drug-likeness (QED) is 0.172. The summed E-state index contributed by atoms with van der Waals surface area (Å²) in [6.07, 6.45) is 16.4. The highest BCUT2D eigenvalue weighted by Gasteiger charge is 2.45. The van der Waals surface area contributed by atoms with Gasteiger partial charge in [0, 0.05) is 102 Å². The molecule has 0 saturated carbocycles. The zero-order valence-electron chi connectivity index (χ0n) is 29.2. The fourth-order valence-electron chi connectivity index (χ4n) is 5.07. The molecule has 53 heavy (non-hydrogen) atoms. The molecule has 3 heteroatoms. The van der Waals surface area contributed by atoms with Gasteiger partial charge in [-0.2, -0.15) is 0 Å². The Balaban J connectivity index is 1.50. The van der Waals surface area contributed by atoms with Gasteiger partial charge in [-0.15, -0.1) is 11.0 Å². The van der Waals surface area contributed by atoms with Crippen molar-refractivity contribution < 1.29 is 9.37 Å². The van der Waals surface area contributed by atoms with E-state index in [4.69, 9.17) is 6.42 Å². The van der Waals surface area contributed by atoms with Crippen LogP contribution in [0.4, 0.5) is 11.4 Å². The van der Waals surface area contributed by atoms with Gasteiger partial charge in [0.2, 0.25) is 23.4 Å². The second-order valence-corrected chi connectivity index (χ2v) is 11.0. The molecule has 1 aliphatic heterocycles. The van der Waals surface area contributed by atoms with E-state index in [1.165, 1.54) is 17.9 Å². The fourth-order valence-corrected chi connectivity index (χ4v) is 5.07. The zero-order valence-corrected chi connectivity index (χ0v) is 29.2. The number of hydrogen-bond acceptors (Lipinski definition) is 1. The van der Waals surface area contributed by atoms with Gasteiger partial charge in [0.05, 0.1) is 11.3 Å². The minimum absolute atomic E-state index is 0.0743. The first-order valence-corrected chi connectivity index (χ1v) is 16.0. The van der Waals surface area contributed by atoms with E-state index in [9.17, 15) is 4.79 Å². The molecular formula is C50H27N2O+. The Labute approximate surface area is 313 Å². The zero-order chi connectivity index (χ0) is 37.6. The molecule has 1 aliphatic rings. The minimum Gasteiger partial charge on any atom is -0.288 e. The predicted octanol–water partition coefficient (Wildman–Crippen LogP) is 6.52. The average Bonchev–Trinajstić information content (AvgIpc) is 3.38. The number of carbonyl (C=O) groups excluding carboxylic acids is 1. The third-order valence-corrected chi connectivity index (χ3v) is 7.22. The summed E-state index contributed by atoms with van der Waals surface area (Å²) >= 11 is 0. The summed E-state index contributed by atoms with van der Waals surface area (Å²) in [6, 6.07) is 25.3. The molecule has 0 spiro atoms. The summed E-state index contributed by atoms with van der Waals surface area (Å²) < 4.78 is 1.98. The van der Waals surface area contributed by atoms with Gasteiger partial charge < -0.3 is 0 Å². The number of rotatable bonds is 5. The first-order chi connectivity index (χ1) is 25.9. The van der Waals surface area contributed by atoms with E-state index in [-0.39, 0.29) is 11.3 Å². The van der Waals surface area contributed by atoms with E-state index >= 15 is 0 Å². The summed E-state index contributed by atoms with van der Waals surface area (Å²) in [5, 5.41) is 2.33. The van der Waals surface area contributed by atoms with Crippen LogP contribution in [0, 0.1) is 131 Å². The lowest BCUT2D eigenvalue weighted by atomic mass is 9.79. The first-order valence-electron chi connectivity index (χ1n) is 16.0. The number of hydrogen-bond donors (Lipinski definition) is 0. The van der Waals surface area contributed by atoms with Crippen molar-refractivity contribution in [2.45, 2.75) is 26.2 Å². The van der Waals surface area contributed by atoms with Gasteiger partial charge in [0.1, 0.15) is 0 Å². The van der Waals surface area contributed by atoms with Gasteiger partial charge in [0.15, 0.2) is 0 Å². The molecule has 3 aromatic rings. The predicted molar refractivity (Wildman–Crippen MR) is 216 cm³/mol. The van der Waals surface area contributed by atoms with E-state index < -0.39 is 0 Å². The van der Waals surface area contributed by atoms with Crippen molar-refractivity contribution in [3.63, 3.8) is 0 Å². The SMILES string of the molecule is C#CC#CC#CC#CC#CC#CC#CC#CC#CC#CC#C[N+]1=C(/C=C/C=C/C=C/N(C(C)=O)c2ccccc2)C(C)(C)c2c1ccc1ccccc21. The number of anilines is 1. The number of amides is 1. The van der Waals surface area contributed by atoms with Crippen LogP contribution in [0.15, 0.2) is 103 Å². The second kappa shape index (κ2) is 20.1. The number of nitrogens with zero attached hydrogens (tertiary/aromatic N) is 2. The molecule has 1 amide bonds. The van der Waals surface area contributed by atoms with Gasteiger partial charge in [0.25, 0.3) is 0 Å². The third-order valence-electron chi connectivity index (χ3n) is 7.22. The van der Waals surface area contributed by atoms with E-state index in [1.54, 1.807) is 11.1 Å². The molecule has 0 unspecified atom stereocenters. The molecule has 0 aromatic heterocycles. The number of allylic oxidation sites excluding steroid dienone is 5. The molecule has 4 rings (SSSR count). The molecule has 0 radical (unpaired) electrons. The molecule has 0 aliphatic carbocycles. The van der Waals surface area contributed by atoms with Crippen LogP contribution in [0.1, 0.15) is 26.3 Å². The van der Waals surface area contributed by atoms with E-state index in [2.05, 4.69) is 175 Å². The topological polar surface area (TPSA) is 23.3 Å². The molecule has 0 bridgehead atoms. The second-order valence-electron chi connectivity index (χ2n) is 11.0. The number of benzene rings is 3. The average molecular weight is 672 g/mol. The van der Waals surface area contributed by atoms with Crippen molar-refractivity contribution in [2.75, 3.05) is 4.90 Å². The monoisotopic (exact) mass is 671 g/mol. The Hall–Kier alpha value is -8.56. The first kappa shape index (κ1) is 37.3.